The number of amides is 1. The number of thiazole rings is 1. The van der Waals surface area contributed by atoms with Gasteiger partial charge in [-0.25, -0.2) is 9.78 Å². The van der Waals surface area contributed by atoms with E-state index in [9.17, 15) is 14.7 Å². The highest BCUT2D eigenvalue weighted by Gasteiger charge is 2.12. The van der Waals surface area contributed by atoms with E-state index >= 15 is 0 Å². The fourth-order valence-electron chi connectivity index (χ4n) is 1.64. The summed E-state index contributed by atoms with van der Waals surface area (Å²) in [5, 5.41) is 22.6. The summed E-state index contributed by atoms with van der Waals surface area (Å²) in [6.07, 6.45) is 0. The van der Waals surface area contributed by atoms with Gasteiger partial charge in [0, 0.05) is 10.9 Å². The number of aryl methyl sites for hydroxylation is 1. The largest absolute Gasteiger partial charge is 0.508 e. The van der Waals surface area contributed by atoms with Crippen LogP contribution in [-0.4, -0.2) is 27.1 Å². The van der Waals surface area contributed by atoms with Gasteiger partial charge in [0.05, 0.1) is 6.54 Å². The Labute approximate surface area is 118 Å². The first-order valence-electron chi connectivity index (χ1n) is 5.73. The van der Waals surface area contributed by atoms with E-state index in [2.05, 4.69) is 10.3 Å². The molecule has 0 saturated carbocycles. The van der Waals surface area contributed by atoms with E-state index < -0.39 is 5.97 Å². The molecule has 1 heterocycles. The quantitative estimate of drug-likeness (QED) is 0.797. The van der Waals surface area contributed by atoms with Crippen LogP contribution >= 0.6 is 11.3 Å². The van der Waals surface area contributed by atoms with Gasteiger partial charge in [0.25, 0.3) is 5.91 Å². The number of carbonyl (C=O) groups is 2. The Morgan fingerprint density at radius 3 is 2.75 bits per heavy atom. The summed E-state index contributed by atoms with van der Waals surface area (Å²) in [5.74, 6) is -1.28. The third kappa shape index (κ3) is 3.12. The molecule has 3 N–H and O–H groups in total. The van der Waals surface area contributed by atoms with Crippen molar-refractivity contribution in [3.8, 4) is 5.75 Å². The first-order valence-corrected chi connectivity index (χ1v) is 6.61. The highest BCUT2D eigenvalue weighted by molar-refractivity contribution is 7.09. The lowest BCUT2D eigenvalue weighted by molar-refractivity contribution is 0.0691. The number of hydrogen-bond acceptors (Lipinski definition) is 5. The van der Waals surface area contributed by atoms with E-state index in [1.807, 2.05) is 0 Å². The molecule has 0 spiro atoms. The van der Waals surface area contributed by atoms with E-state index in [-0.39, 0.29) is 23.9 Å². The van der Waals surface area contributed by atoms with Gasteiger partial charge in [-0.05, 0) is 30.7 Å². The van der Waals surface area contributed by atoms with Crippen LogP contribution in [0.5, 0.6) is 5.75 Å². The van der Waals surface area contributed by atoms with Crippen LogP contribution in [0.2, 0.25) is 0 Å². The van der Waals surface area contributed by atoms with Gasteiger partial charge in [-0.1, -0.05) is 0 Å². The Kier molecular flexibility index (Phi) is 3.99. The van der Waals surface area contributed by atoms with Crippen molar-refractivity contribution in [3.05, 3.63) is 45.4 Å². The van der Waals surface area contributed by atoms with Crippen LogP contribution < -0.4 is 5.32 Å². The Morgan fingerprint density at radius 2 is 2.15 bits per heavy atom. The molecule has 6 nitrogen and oxygen atoms in total. The van der Waals surface area contributed by atoms with Gasteiger partial charge in [0.2, 0.25) is 0 Å². The minimum absolute atomic E-state index is 0.0277. The summed E-state index contributed by atoms with van der Waals surface area (Å²) in [6.45, 7) is 1.89. The van der Waals surface area contributed by atoms with Crippen molar-refractivity contribution >= 4 is 23.2 Å². The third-order valence-corrected chi connectivity index (χ3v) is 3.47. The summed E-state index contributed by atoms with van der Waals surface area (Å²) in [5.41, 5.74) is 1.09. The lowest BCUT2D eigenvalue weighted by Crippen LogP contribution is -2.23. The lowest BCUT2D eigenvalue weighted by Gasteiger charge is -2.06. The number of benzene rings is 1. The molecule has 0 aliphatic rings. The SMILES string of the molecule is Cc1cc(O)ccc1C(=O)NCc1nc(C(=O)O)cs1. The summed E-state index contributed by atoms with van der Waals surface area (Å²) in [6, 6.07) is 4.47. The fraction of sp³-hybridized carbons (Fsp3) is 0.154. The van der Waals surface area contributed by atoms with Gasteiger partial charge in [0.15, 0.2) is 5.69 Å². The van der Waals surface area contributed by atoms with Crippen molar-refractivity contribution in [2.75, 3.05) is 0 Å². The molecule has 7 heteroatoms. The van der Waals surface area contributed by atoms with Gasteiger partial charge in [0.1, 0.15) is 10.8 Å². The van der Waals surface area contributed by atoms with Crippen molar-refractivity contribution in [2.45, 2.75) is 13.5 Å². The number of carboxylic acid groups (broad SMARTS) is 1. The van der Waals surface area contributed by atoms with Crippen LogP contribution in [-0.2, 0) is 6.54 Å². The first-order chi connectivity index (χ1) is 9.47. The van der Waals surface area contributed by atoms with Crippen molar-refractivity contribution in [2.24, 2.45) is 0 Å². The average molecular weight is 292 g/mol. The number of aromatic carboxylic acids is 1. The maximum Gasteiger partial charge on any atom is 0.355 e. The second-order valence-corrected chi connectivity index (χ2v) is 5.06. The molecule has 0 fully saturated rings. The van der Waals surface area contributed by atoms with Gasteiger partial charge < -0.3 is 15.5 Å². The number of carbonyl (C=O) groups excluding carboxylic acids is 1. The number of hydrogen-bond donors (Lipinski definition) is 3. The van der Waals surface area contributed by atoms with Crippen LogP contribution in [0.1, 0.15) is 31.4 Å². The second-order valence-electron chi connectivity index (χ2n) is 4.11. The maximum absolute atomic E-state index is 12.0. The second kappa shape index (κ2) is 5.70. The molecule has 0 unspecified atom stereocenters. The molecule has 0 atom stereocenters. The molecule has 20 heavy (non-hydrogen) atoms. The van der Waals surface area contributed by atoms with Crippen LogP contribution in [0, 0.1) is 6.92 Å². The molecule has 2 aromatic rings. The van der Waals surface area contributed by atoms with Crippen molar-refractivity contribution < 1.29 is 19.8 Å². The molecule has 0 radical (unpaired) electrons. The standard InChI is InChI=1S/C13H12N2O4S/c1-7-4-8(16)2-3-9(7)12(17)14-5-11-15-10(6-20-11)13(18)19/h2-4,6,16H,5H2,1H3,(H,14,17)(H,18,19). The molecule has 1 aromatic heterocycles. The zero-order valence-electron chi connectivity index (χ0n) is 10.6. The van der Waals surface area contributed by atoms with Gasteiger partial charge in [-0.3, -0.25) is 4.79 Å². The number of phenolic OH excluding ortho intramolecular Hbond substituents is 1. The monoisotopic (exact) mass is 292 g/mol. The number of aromatic nitrogens is 1. The predicted molar refractivity (Wildman–Crippen MR) is 73.1 cm³/mol. The number of rotatable bonds is 4. The van der Waals surface area contributed by atoms with E-state index in [1.165, 1.54) is 34.9 Å². The smallest absolute Gasteiger partial charge is 0.355 e. The normalized spacial score (nSPS) is 10.2. The van der Waals surface area contributed by atoms with E-state index in [4.69, 9.17) is 5.11 Å². The minimum Gasteiger partial charge on any atom is -0.508 e. The van der Waals surface area contributed by atoms with Crippen LogP contribution in [0.3, 0.4) is 0 Å². The number of carboxylic acids is 1. The molecule has 0 aliphatic heterocycles. The van der Waals surface area contributed by atoms with Crippen molar-refractivity contribution in [3.63, 3.8) is 0 Å². The molecular weight excluding hydrogens is 280 g/mol. The maximum atomic E-state index is 12.0. The number of phenols is 1. The number of aromatic hydroxyl groups is 1. The zero-order valence-corrected chi connectivity index (χ0v) is 11.4. The van der Waals surface area contributed by atoms with Crippen LogP contribution in [0.4, 0.5) is 0 Å². The Morgan fingerprint density at radius 1 is 1.40 bits per heavy atom. The van der Waals surface area contributed by atoms with Crippen molar-refractivity contribution in [1.82, 2.24) is 10.3 Å². The molecule has 2 rings (SSSR count). The molecular formula is C13H12N2O4S. The Hall–Kier alpha value is -2.41. The van der Waals surface area contributed by atoms with E-state index in [0.717, 1.165) is 0 Å². The average Bonchev–Trinajstić information content (AvgIpc) is 2.85. The lowest BCUT2D eigenvalue weighted by atomic mass is 10.1. The Balaban J connectivity index is 2.02. The first kappa shape index (κ1) is 14.0. The van der Waals surface area contributed by atoms with E-state index in [0.29, 0.717) is 16.1 Å². The molecule has 0 saturated heterocycles. The number of nitrogens with one attached hydrogen (secondary N) is 1. The highest BCUT2D eigenvalue weighted by Crippen LogP contribution is 2.16. The zero-order chi connectivity index (χ0) is 14.7. The predicted octanol–water partition coefficient (Wildman–Crippen LogP) is 1.79. The third-order valence-electron chi connectivity index (χ3n) is 2.63. The van der Waals surface area contributed by atoms with Gasteiger partial charge in [-0.2, -0.15) is 0 Å². The number of nitrogens with zero attached hydrogens (tertiary/aromatic N) is 1. The molecule has 0 bridgehead atoms. The topological polar surface area (TPSA) is 99.5 Å². The fourth-order valence-corrected chi connectivity index (χ4v) is 2.35. The molecule has 104 valence electrons. The molecule has 0 aliphatic carbocycles. The Bertz CT molecular complexity index is 666. The molecule has 1 aromatic carbocycles. The summed E-state index contributed by atoms with van der Waals surface area (Å²) >= 11 is 1.18. The van der Waals surface area contributed by atoms with Gasteiger partial charge in [-0.15, -0.1) is 11.3 Å². The summed E-state index contributed by atoms with van der Waals surface area (Å²) in [7, 11) is 0. The van der Waals surface area contributed by atoms with Gasteiger partial charge >= 0.3 is 5.97 Å². The van der Waals surface area contributed by atoms with Crippen LogP contribution in [0.25, 0.3) is 0 Å². The molecule has 1 amide bonds. The van der Waals surface area contributed by atoms with Crippen molar-refractivity contribution in [1.29, 1.82) is 0 Å². The van der Waals surface area contributed by atoms with E-state index in [1.54, 1.807) is 6.92 Å². The summed E-state index contributed by atoms with van der Waals surface area (Å²) in [4.78, 5) is 26.5. The minimum atomic E-state index is -1.09. The highest BCUT2D eigenvalue weighted by atomic mass is 32.1. The van der Waals surface area contributed by atoms with Crippen LogP contribution in [0.15, 0.2) is 23.6 Å². The summed E-state index contributed by atoms with van der Waals surface area (Å²) < 4.78 is 0.